The van der Waals surface area contributed by atoms with Gasteiger partial charge in [0.1, 0.15) is 11.7 Å². The average molecular weight is 673 g/mol. The van der Waals surface area contributed by atoms with Gasteiger partial charge in [-0.3, -0.25) is 15.0 Å². The van der Waals surface area contributed by atoms with E-state index in [0.717, 1.165) is 23.2 Å². The molecule has 1 aromatic heterocycles. The Labute approximate surface area is 302 Å². The van der Waals surface area contributed by atoms with Crippen molar-refractivity contribution in [1.82, 2.24) is 9.47 Å². The van der Waals surface area contributed by atoms with Crippen molar-refractivity contribution in [2.24, 2.45) is 27.0 Å². The van der Waals surface area contributed by atoms with E-state index in [9.17, 15) is 0 Å². The lowest BCUT2D eigenvalue weighted by Gasteiger charge is -2.15. The molecule has 266 valence electrons. The molecule has 6 nitrogen and oxygen atoms in total. The summed E-state index contributed by atoms with van der Waals surface area (Å²) in [5.74, 6) is 2.93. The van der Waals surface area contributed by atoms with E-state index in [4.69, 9.17) is 0 Å². The van der Waals surface area contributed by atoms with Gasteiger partial charge in [-0.2, -0.15) is 0 Å². The molecular weight excluding hydrogens is 613 g/mol. The summed E-state index contributed by atoms with van der Waals surface area (Å²) in [5.41, 5.74) is 25.4. The van der Waals surface area contributed by atoms with Gasteiger partial charge >= 0.3 is 0 Å². The third-order valence-electron chi connectivity index (χ3n) is 12.4. The lowest BCUT2D eigenvalue weighted by atomic mass is 9.88. The lowest BCUT2D eigenvalue weighted by molar-refractivity contribution is 0.765. The molecule has 0 amide bonds. The van der Waals surface area contributed by atoms with Gasteiger partial charge in [0.05, 0.1) is 0 Å². The van der Waals surface area contributed by atoms with E-state index in [2.05, 4.69) is 140 Å². The number of aryl methyl sites for hydroxylation is 4. The van der Waals surface area contributed by atoms with Crippen LogP contribution in [-0.4, -0.2) is 60.9 Å². The molecule has 0 saturated heterocycles. The summed E-state index contributed by atoms with van der Waals surface area (Å²) in [7, 11) is 9.70. The predicted molar refractivity (Wildman–Crippen MR) is 219 cm³/mol. The van der Waals surface area contributed by atoms with Gasteiger partial charge in [-0.05, 0) is 171 Å². The quantitative estimate of drug-likeness (QED) is 0.184. The molecule has 3 aromatic carbocycles. The van der Waals surface area contributed by atoms with Gasteiger partial charge in [0.2, 0.25) is 0 Å². The number of amidine groups is 3. The molecule has 3 heterocycles. The second kappa shape index (κ2) is 14.1. The molecule has 0 N–H and O–H groups in total. The number of rotatable bonds is 0. The minimum Gasteiger partial charge on any atom is -0.351 e. The topological polar surface area (TPSA) is 57.6 Å². The molecule has 2 aliphatic heterocycles. The van der Waals surface area contributed by atoms with Gasteiger partial charge < -0.3 is 9.47 Å². The van der Waals surface area contributed by atoms with E-state index in [1.165, 1.54) is 111 Å². The third kappa shape index (κ3) is 5.75. The Morgan fingerprint density at radius 3 is 1.04 bits per heavy atom. The molecule has 0 atom stereocenters. The van der Waals surface area contributed by atoms with E-state index in [-0.39, 0.29) is 0 Å². The van der Waals surface area contributed by atoms with Crippen molar-refractivity contribution in [2.45, 2.75) is 104 Å². The molecule has 0 aliphatic carbocycles. The number of fused-ring (bicyclic) bond motifs is 3. The van der Waals surface area contributed by atoms with Crippen LogP contribution in [0.25, 0.3) is 10.8 Å². The molecule has 0 saturated carbocycles. The van der Waals surface area contributed by atoms with Crippen LogP contribution in [0.5, 0.6) is 0 Å². The molecule has 2 aliphatic rings. The Morgan fingerprint density at radius 2 is 0.700 bits per heavy atom. The highest BCUT2D eigenvalue weighted by Crippen LogP contribution is 2.36. The van der Waals surface area contributed by atoms with Crippen LogP contribution in [0.1, 0.15) is 107 Å². The first-order chi connectivity index (χ1) is 23.3. The van der Waals surface area contributed by atoms with Gasteiger partial charge in [0.15, 0.2) is 5.84 Å². The maximum atomic E-state index is 4.55. The third-order valence-corrected chi connectivity index (χ3v) is 12.4. The van der Waals surface area contributed by atoms with Crippen molar-refractivity contribution in [1.29, 1.82) is 0 Å². The van der Waals surface area contributed by atoms with Crippen LogP contribution in [0, 0.1) is 96.9 Å². The van der Waals surface area contributed by atoms with Gasteiger partial charge in [-0.1, -0.05) is 0 Å². The van der Waals surface area contributed by atoms with E-state index in [1.807, 2.05) is 28.2 Å². The predicted octanol–water partition coefficient (Wildman–Crippen LogP) is 9.77. The maximum absolute atomic E-state index is 4.55. The first kappa shape index (κ1) is 38.5. The summed E-state index contributed by atoms with van der Waals surface area (Å²) >= 11 is 0. The molecular formula is C44H60N6. The normalized spacial score (nSPS) is 15.8. The molecule has 50 heavy (non-hydrogen) atoms. The highest BCUT2D eigenvalue weighted by Gasteiger charge is 2.33. The van der Waals surface area contributed by atoms with Gasteiger partial charge in [-0.25, -0.2) is 4.99 Å². The zero-order valence-electron chi connectivity index (χ0n) is 34.7. The van der Waals surface area contributed by atoms with Gasteiger partial charge in [0.25, 0.3) is 0 Å². The Kier molecular flexibility index (Phi) is 10.9. The van der Waals surface area contributed by atoms with E-state index in [1.54, 1.807) is 0 Å². The fourth-order valence-corrected chi connectivity index (χ4v) is 8.11. The smallest absolute Gasteiger partial charge is 0.155 e. The first-order valence-corrected chi connectivity index (χ1v) is 17.7. The Bertz CT molecular complexity index is 2090. The summed E-state index contributed by atoms with van der Waals surface area (Å²) in [4.78, 5) is 19.8. The maximum Gasteiger partial charge on any atom is 0.155 e. The van der Waals surface area contributed by atoms with Crippen LogP contribution >= 0.6 is 0 Å². The van der Waals surface area contributed by atoms with Gasteiger partial charge in [-0.15, -0.1) is 0 Å². The van der Waals surface area contributed by atoms with Crippen LogP contribution in [0.4, 0.5) is 0 Å². The summed E-state index contributed by atoms with van der Waals surface area (Å²) in [6, 6.07) is 0. The van der Waals surface area contributed by atoms with Crippen molar-refractivity contribution in [3.8, 4) is 0 Å². The molecule has 4 aromatic rings. The number of aliphatic imine (C=N–C) groups is 4. The van der Waals surface area contributed by atoms with Crippen molar-refractivity contribution in [3.05, 3.63) is 100 Å². The van der Waals surface area contributed by atoms with Crippen LogP contribution in [0.15, 0.2) is 20.0 Å². The monoisotopic (exact) mass is 672 g/mol. The summed E-state index contributed by atoms with van der Waals surface area (Å²) in [6.45, 7) is 32.9. The van der Waals surface area contributed by atoms with Crippen LogP contribution < -0.4 is 0 Å². The average Bonchev–Trinajstić information content (AvgIpc) is 3.68. The van der Waals surface area contributed by atoms with Crippen molar-refractivity contribution in [3.63, 3.8) is 0 Å². The minimum absolute atomic E-state index is 0.885. The fraction of sp³-hybridized carbons (Fsp3) is 0.455. The summed E-state index contributed by atoms with van der Waals surface area (Å²) in [6.07, 6.45) is 0. The lowest BCUT2D eigenvalue weighted by Crippen LogP contribution is -2.26. The van der Waals surface area contributed by atoms with E-state index in [0.29, 0.717) is 0 Å². The zero-order chi connectivity index (χ0) is 37.8. The van der Waals surface area contributed by atoms with Crippen LogP contribution in [-0.2, 0) is 7.05 Å². The van der Waals surface area contributed by atoms with Crippen LogP contribution in [0.3, 0.4) is 0 Å². The SMILES string of the molecule is CN=C1N=C(C)c2c(C)c(C)c(C)c(C)c21.CN=C1c2c(C)c(C)c(C)c(C)c2C(=NC)N1C.Cc1c(C)c(C)c2c(C)n(C)c(C)c2c1C. The fourth-order valence-electron chi connectivity index (χ4n) is 8.11. The van der Waals surface area contributed by atoms with Crippen LogP contribution in [0.2, 0.25) is 0 Å². The molecule has 0 radical (unpaired) electrons. The van der Waals surface area contributed by atoms with Crippen molar-refractivity contribution < 1.29 is 0 Å². The molecule has 0 spiro atoms. The second-order valence-electron chi connectivity index (χ2n) is 14.4. The minimum atomic E-state index is 0.885. The number of benzene rings is 3. The number of aromatic nitrogens is 1. The van der Waals surface area contributed by atoms with E-state index >= 15 is 0 Å². The Balaban J connectivity index is 0.000000169. The molecule has 0 fully saturated rings. The Hall–Kier alpha value is -4.32. The second-order valence-corrected chi connectivity index (χ2v) is 14.4. The highest BCUT2D eigenvalue weighted by atomic mass is 15.2. The standard InChI is InChI=1S/C15H21N3.C15H21N.C14H18N2/c1-8-9(2)11(4)13-12(10(8)3)14(16-5)18(7)15(13)17-6;1-8-9(2)11(4)15-13(6)16(7)12(5)14(15)10(8)3;1-7-8(2)10(4)13-12(9(7)3)11(5)16-14(13)15-6/h1-7H3;1-7H3;1-6H3. The molecule has 0 bridgehead atoms. The molecule has 6 rings (SSSR count). The summed E-state index contributed by atoms with van der Waals surface area (Å²) in [5, 5.41) is 2.92. The first-order valence-electron chi connectivity index (χ1n) is 17.7. The number of hydrogen-bond acceptors (Lipinski definition) is 3. The zero-order valence-corrected chi connectivity index (χ0v) is 34.7. The molecule has 6 heteroatoms. The van der Waals surface area contributed by atoms with Crippen molar-refractivity contribution >= 4 is 34.0 Å². The van der Waals surface area contributed by atoms with Crippen molar-refractivity contribution in [2.75, 3.05) is 28.2 Å². The summed E-state index contributed by atoms with van der Waals surface area (Å²) < 4.78 is 2.31. The number of hydrogen-bond donors (Lipinski definition) is 0. The van der Waals surface area contributed by atoms with E-state index < -0.39 is 0 Å². The Morgan fingerprint density at radius 1 is 0.380 bits per heavy atom. The van der Waals surface area contributed by atoms with Gasteiger partial charge in [0, 0.05) is 85.4 Å². The number of nitrogens with zero attached hydrogens (tertiary/aromatic N) is 6. The highest BCUT2D eigenvalue weighted by molar-refractivity contribution is 6.26. The molecule has 0 unspecified atom stereocenters. The largest absolute Gasteiger partial charge is 0.351 e.